The molecule has 0 saturated heterocycles. The number of thiophene rings is 1. The van der Waals surface area contributed by atoms with Gasteiger partial charge >= 0.3 is 0 Å². The molecule has 1 aromatic heterocycles. The third-order valence-electron chi connectivity index (χ3n) is 2.87. The van der Waals surface area contributed by atoms with E-state index in [1.54, 1.807) is 0 Å². The van der Waals surface area contributed by atoms with E-state index in [0.29, 0.717) is 6.04 Å². The van der Waals surface area contributed by atoms with Crippen LogP contribution in [0.1, 0.15) is 22.9 Å². The van der Waals surface area contributed by atoms with Crippen molar-refractivity contribution < 1.29 is 0 Å². The van der Waals surface area contributed by atoms with Crippen LogP contribution in [0.3, 0.4) is 0 Å². The summed E-state index contributed by atoms with van der Waals surface area (Å²) in [4.78, 5) is 1.39. The van der Waals surface area contributed by atoms with Gasteiger partial charge in [-0.1, -0.05) is 30.3 Å². The molecule has 1 heterocycles. The van der Waals surface area contributed by atoms with Gasteiger partial charge in [-0.2, -0.15) is 0 Å². The average molecular weight is 310 g/mol. The van der Waals surface area contributed by atoms with Crippen LogP contribution < -0.4 is 5.32 Å². The molecule has 90 valence electrons. The summed E-state index contributed by atoms with van der Waals surface area (Å²) in [6.07, 6.45) is 2.23. The maximum atomic E-state index is 3.60. The molecule has 0 amide bonds. The summed E-state index contributed by atoms with van der Waals surface area (Å²) in [6.45, 7) is 0. The minimum atomic E-state index is 0.435. The van der Waals surface area contributed by atoms with Gasteiger partial charge in [0.15, 0.2) is 0 Å². The molecule has 2 rings (SSSR count). The van der Waals surface area contributed by atoms with Crippen molar-refractivity contribution in [3.63, 3.8) is 0 Å². The van der Waals surface area contributed by atoms with Crippen molar-refractivity contribution in [1.29, 1.82) is 0 Å². The van der Waals surface area contributed by atoms with Crippen LogP contribution in [0.25, 0.3) is 0 Å². The average Bonchev–Trinajstić information content (AvgIpc) is 2.78. The minimum absolute atomic E-state index is 0.435. The van der Waals surface area contributed by atoms with E-state index in [4.69, 9.17) is 0 Å². The zero-order valence-corrected chi connectivity index (χ0v) is 12.2. The SMILES string of the molecule is CNC(CCc1ccccc1)c1sccc1Br. The van der Waals surface area contributed by atoms with Crippen LogP contribution in [-0.4, -0.2) is 7.05 Å². The van der Waals surface area contributed by atoms with E-state index in [2.05, 4.69) is 63.0 Å². The molecule has 0 bridgehead atoms. The molecule has 1 N–H and O–H groups in total. The highest BCUT2D eigenvalue weighted by Crippen LogP contribution is 2.31. The molecule has 1 atom stereocenters. The Morgan fingerprint density at radius 3 is 2.59 bits per heavy atom. The second kappa shape index (κ2) is 6.34. The Hall–Kier alpha value is -0.640. The maximum Gasteiger partial charge on any atom is 0.0426 e. The largest absolute Gasteiger partial charge is 0.312 e. The quantitative estimate of drug-likeness (QED) is 0.863. The summed E-state index contributed by atoms with van der Waals surface area (Å²) in [5.41, 5.74) is 1.40. The summed E-state index contributed by atoms with van der Waals surface area (Å²) in [7, 11) is 2.03. The van der Waals surface area contributed by atoms with Gasteiger partial charge in [0.1, 0.15) is 0 Å². The van der Waals surface area contributed by atoms with Crippen LogP contribution in [0.4, 0.5) is 0 Å². The Morgan fingerprint density at radius 1 is 1.24 bits per heavy atom. The van der Waals surface area contributed by atoms with Crippen molar-refractivity contribution in [2.45, 2.75) is 18.9 Å². The first-order valence-corrected chi connectivity index (χ1v) is 7.42. The lowest BCUT2D eigenvalue weighted by Gasteiger charge is -2.15. The Bertz CT molecular complexity index is 452. The molecular formula is C14H16BrNS. The zero-order valence-electron chi connectivity index (χ0n) is 9.82. The molecule has 0 aliphatic rings. The Balaban J connectivity index is 2.00. The number of aryl methyl sites for hydroxylation is 1. The molecular weight excluding hydrogens is 294 g/mol. The molecule has 0 aliphatic heterocycles. The lowest BCUT2D eigenvalue weighted by Crippen LogP contribution is -2.16. The first-order valence-electron chi connectivity index (χ1n) is 5.75. The number of rotatable bonds is 5. The van der Waals surface area contributed by atoms with Crippen molar-refractivity contribution in [2.75, 3.05) is 7.05 Å². The third-order valence-corrected chi connectivity index (χ3v) is 4.86. The zero-order chi connectivity index (χ0) is 12.1. The summed E-state index contributed by atoms with van der Waals surface area (Å²) in [6, 6.07) is 13.2. The molecule has 1 unspecified atom stereocenters. The summed E-state index contributed by atoms with van der Waals surface area (Å²) in [5.74, 6) is 0. The summed E-state index contributed by atoms with van der Waals surface area (Å²) >= 11 is 5.41. The molecule has 3 heteroatoms. The number of halogens is 1. The van der Waals surface area contributed by atoms with E-state index in [-0.39, 0.29) is 0 Å². The highest BCUT2D eigenvalue weighted by atomic mass is 79.9. The maximum absolute atomic E-state index is 3.60. The van der Waals surface area contributed by atoms with Crippen molar-refractivity contribution in [3.05, 3.63) is 56.7 Å². The highest BCUT2D eigenvalue weighted by Gasteiger charge is 2.13. The van der Waals surface area contributed by atoms with Gasteiger partial charge in [0.05, 0.1) is 0 Å². The highest BCUT2D eigenvalue weighted by molar-refractivity contribution is 9.10. The van der Waals surface area contributed by atoms with Crippen LogP contribution >= 0.6 is 27.3 Å². The molecule has 1 aromatic carbocycles. The van der Waals surface area contributed by atoms with E-state index >= 15 is 0 Å². The van der Waals surface area contributed by atoms with Crippen molar-refractivity contribution >= 4 is 27.3 Å². The van der Waals surface area contributed by atoms with E-state index in [0.717, 1.165) is 12.8 Å². The number of hydrogen-bond acceptors (Lipinski definition) is 2. The lowest BCUT2D eigenvalue weighted by molar-refractivity contribution is 0.556. The smallest absolute Gasteiger partial charge is 0.0426 e. The van der Waals surface area contributed by atoms with Crippen molar-refractivity contribution in [2.24, 2.45) is 0 Å². The lowest BCUT2D eigenvalue weighted by atomic mass is 10.0. The second-order valence-corrected chi connectivity index (χ2v) is 5.80. The van der Waals surface area contributed by atoms with Crippen molar-refractivity contribution in [3.8, 4) is 0 Å². The first kappa shape index (κ1) is 12.8. The Kier molecular flexibility index (Phi) is 4.77. The van der Waals surface area contributed by atoms with Gasteiger partial charge in [-0.25, -0.2) is 0 Å². The van der Waals surface area contributed by atoms with Crippen LogP contribution in [0.2, 0.25) is 0 Å². The predicted octanol–water partition coefficient (Wildman–Crippen LogP) is 4.40. The van der Waals surface area contributed by atoms with E-state index in [1.165, 1.54) is 14.9 Å². The third kappa shape index (κ3) is 3.41. The fourth-order valence-electron chi connectivity index (χ4n) is 1.92. The van der Waals surface area contributed by atoms with Crippen LogP contribution in [-0.2, 0) is 6.42 Å². The molecule has 0 fully saturated rings. The van der Waals surface area contributed by atoms with Gasteiger partial charge in [0, 0.05) is 15.4 Å². The van der Waals surface area contributed by atoms with Crippen LogP contribution in [0, 0.1) is 0 Å². The van der Waals surface area contributed by atoms with Crippen molar-refractivity contribution in [1.82, 2.24) is 5.32 Å². The van der Waals surface area contributed by atoms with E-state index < -0.39 is 0 Å². The van der Waals surface area contributed by atoms with Gasteiger partial charge in [0.2, 0.25) is 0 Å². The molecule has 0 aliphatic carbocycles. The number of hydrogen-bond donors (Lipinski definition) is 1. The molecule has 0 saturated carbocycles. The summed E-state index contributed by atoms with van der Waals surface area (Å²) in [5, 5.41) is 5.53. The molecule has 17 heavy (non-hydrogen) atoms. The standard InChI is InChI=1S/C14H16BrNS/c1-16-13(14-12(15)9-10-17-14)8-7-11-5-3-2-4-6-11/h2-6,9-10,13,16H,7-8H2,1H3. The van der Waals surface area contributed by atoms with E-state index in [9.17, 15) is 0 Å². The summed E-state index contributed by atoms with van der Waals surface area (Å²) < 4.78 is 1.22. The second-order valence-electron chi connectivity index (χ2n) is 4.00. The minimum Gasteiger partial charge on any atom is -0.312 e. The van der Waals surface area contributed by atoms with Gasteiger partial charge < -0.3 is 5.32 Å². The Morgan fingerprint density at radius 2 is 2.00 bits per heavy atom. The Labute approximate surface area is 115 Å². The molecule has 0 spiro atoms. The molecule has 1 nitrogen and oxygen atoms in total. The van der Waals surface area contributed by atoms with Gasteiger partial charge in [-0.15, -0.1) is 11.3 Å². The predicted molar refractivity (Wildman–Crippen MR) is 78.6 cm³/mol. The number of nitrogens with one attached hydrogen (secondary N) is 1. The fraction of sp³-hybridized carbons (Fsp3) is 0.286. The van der Waals surface area contributed by atoms with Gasteiger partial charge in [0.25, 0.3) is 0 Å². The molecule has 2 aromatic rings. The monoisotopic (exact) mass is 309 g/mol. The molecule has 0 radical (unpaired) electrons. The van der Waals surface area contributed by atoms with E-state index in [1.807, 2.05) is 18.4 Å². The topological polar surface area (TPSA) is 12.0 Å². The van der Waals surface area contributed by atoms with Gasteiger partial charge in [-0.3, -0.25) is 0 Å². The van der Waals surface area contributed by atoms with Crippen LogP contribution in [0.5, 0.6) is 0 Å². The van der Waals surface area contributed by atoms with Gasteiger partial charge in [-0.05, 0) is 52.8 Å². The fourth-order valence-corrected chi connectivity index (χ4v) is 3.71. The first-order chi connectivity index (χ1) is 8.31. The normalized spacial score (nSPS) is 12.6. The van der Waals surface area contributed by atoms with Crippen LogP contribution in [0.15, 0.2) is 46.3 Å². The number of benzene rings is 1.